The zero-order chi connectivity index (χ0) is 21.8. The van der Waals surface area contributed by atoms with Crippen molar-refractivity contribution >= 4 is 44.1 Å². The molecular weight excluding hydrogens is 454 g/mol. The Morgan fingerprint density at radius 3 is 2.84 bits per heavy atom. The topological polar surface area (TPSA) is 84.1 Å². The van der Waals surface area contributed by atoms with Crippen LogP contribution in [-0.4, -0.2) is 47.3 Å². The molecule has 1 aliphatic rings. The Kier molecular flexibility index (Phi) is 6.83. The summed E-state index contributed by atoms with van der Waals surface area (Å²) in [7, 11) is 2.16. The monoisotopic (exact) mass is 481 g/mol. The van der Waals surface area contributed by atoms with Crippen molar-refractivity contribution in [2.45, 2.75) is 25.7 Å². The average Bonchev–Trinajstić information content (AvgIpc) is 2.78. The van der Waals surface area contributed by atoms with E-state index in [0.717, 1.165) is 40.4 Å². The van der Waals surface area contributed by atoms with Gasteiger partial charge in [0.1, 0.15) is 11.6 Å². The van der Waals surface area contributed by atoms with Crippen molar-refractivity contribution < 1.29 is 4.79 Å². The molecule has 3 heterocycles. The highest BCUT2D eigenvalue weighted by Crippen LogP contribution is 2.24. The number of carbonyl (C=O) groups is 1. The summed E-state index contributed by atoms with van der Waals surface area (Å²) in [4.78, 5) is 24.0. The highest BCUT2D eigenvalue weighted by molar-refractivity contribution is 9.10. The van der Waals surface area contributed by atoms with Gasteiger partial charge in [-0.05, 0) is 84.3 Å². The molecule has 1 saturated heterocycles. The summed E-state index contributed by atoms with van der Waals surface area (Å²) in [6.07, 6.45) is 6.89. The number of anilines is 2. The molecule has 0 atom stereocenters. The van der Waals surface area contributed by atoms with Crippen LogP contribution < -0.4 is 11.1 Å². The third kappa shape index (κ3) is 5.40. The highest BCUT2D eigenvalue weighted by Gasteiger charge is 2.19. The van der Waals surface area contributed by atoms with Gasteiger partial charge >= 0.3 is 0 Å². The summed E-state index contributed by atoms with van der Waals surface area (Å²) in [6.45, 7) is 3.10. The van der Waals surface area contributed by atoms with Crippen LogP contribution in [0, 0.1) is 5.92 Å². The first kappa shape index (κ1) is 21.7. The van der Waals surface area contributed by atoms with Crippen LogP contribution in [0.25, 0.3) is 10.8 Å². The lowest BCUT2D eigenvalue weighted by Crippen LogP contribution is -2.33. The molecule has 2 aromatic heterocycles. The Morgan fingerprint density at radius 2 is 2.03 bits per heavy atom. The van der Waals surface area contributed by atoms with Crippen molar-refractivity contribution in [3.8, 4) is 0 Å². The molecule has 1 fully saturated rings. The van der Waals surface area contributed by atoms with Crippen LogP contribution in [-0.2, 0) is 6.42 Å². The highest BCUT2D eigenvalue weighted by atomic mass is 79.9. The maximum absolute atomic E-state index is 13.1. The van der Waals surface area contributed by atoms with Crippen LogP contribution in [0.4, 0.5) is 11.6 Å². The molecule has 6 nitrogen and oxygen atoms in total. The number of aryl methyl sites for hydroxylation is 1. The number of ketones is 1. The lowest BCUT2D eigenvalue weighted by atomic mass is 9.97. The number of halogens is 1. The minimum absolute atomic E-state index is 0.0917. The summed E-state index contributed by atoms with van der Waals surface area (Å²) in [6, 6.07) is 9.90. The maximum atomic E-state index is 13.1. The Bertz CT molecular complexity index is 1080. The SMILES string of the molecule is CN1CCC(CNc2ncc(Br)cc2C(=O)CCc2ccc3c(N)nccc3c2)CC1. The van der Waals surface area contributed by atoms with Crippen molar-refractivity contribution in [3.05, 3.63) is 58.3 Å². The molecule has 1 aliphatic heterocycles. The van der Waals surface area contributed by atoms with E-state index in [-0.39, 0.29) is 5.78 Å². The van der Waals surface area contributed by atoms with E-state index in [1.54, 1.807) is 12.4 Å². The number of carbonyl (C=O) groups excluding carboxylic acids is 1. The van der Waals surface area contributed by atoms with Gasteiger partial charge in [0, 0.05) is 35.2 Å². The fourth-order valence-electron chi connectivity index (χ4n) is 4.10. The summed E-state index contributed by atoms with van der Waals surface area (Å²) in [5.41, 5.74) is 7.69. The first-order chi connectivity index (χ1) is 15.0. The predicted octanol–water partition coefficient (Wildman–Crippen LogP) is 4.54. The van der Waals surface area contributed by atoms with E-state index in [4.69, 9.17) is 5.73 Å². The predicted molar refractivity (Wildman–Crippen MR) is 129 cm³/mol. The van der Waals surface area contributed by atoms with Gasteiger partial charge in [-0.25, -0.2) is 9.97 Å². The van der Waals surface area contributed by atoms with Crippen LogP contribution in [0.5, 0.6) is 0 Å². The standard InChI is InChI=1S/C24H28BrN5O/c1-30-10-7-17(8-11-30)14-28-24-21(13-19(25)15-29-24)22(31)5-3-16-2-4-20-18(12-16)6-9-27-23(20)26/h2,4,6,9,12-13,15,17H,3,5,7-8,10-11,14H2,1H3,(H2,26,27)(H,28,29). The number of hydrogen-bond donors (Lipinski definition) is 2. The van der Waals surface area contributed by atoms with E-state index in [0.29, 0.717) is 36.0 Å². The number of nitrogen functional groups attached to an aromatic ring is 1. The van der Waals surface area contributed by atoms with Gasteiger partial charge in [0.15, 0.2) is 5.78 Å². The second kappa shape index (κ2) is 9.75. The summed E-state index contributed by atoms with van der Waals surface area (Å²) < 4.78 is 0.814. The number of hydrogen-bond acceptors (Lipinski definition) is 6. The number of rotatable bonds is 7. The van der Waals surface area contributed by atoms with Gasteiger partial charge in [0.25, 0.3) is 0 Å². The molecule has 0 radical (unpaired) electrons. The molecule has 7 heteroatoms. The molecule has 3 N–H and O–H groups in total. The van der Waals surface area contributed by atoms with E-state index in [1.807, 2.05) is 24.3 Å². The van der Waals surface area contributed by atoms with E-state index in [9.17, 15) is 4.79 Å². The minimum Gasteiger partial charge on any atom is -0.383 e. The van der Waals surface area contributed by atoms with Gasteiger partial charge < -0.3 is 16.0 Å². The van der Waals surface area contributed by atoms with Crippen LogP contribution in [0.2, 0.25) is 0 Å². The molecule has 0 spiro atoms. The third-order valence-corrected chi connectivity index (χ3v) is 6.49. The van der Waals surface area contributed by atoms with Gasteiger partial charge in [-0.2, -0.15) is 0 Å². The molecule has 3 aromatic rings. The van der Waals surface area contributed by atoms with E-state index in [1.165, 1.54) is 12.8 Å². The average molecular weight is 482 g/mol. The van der Waals surface area contributed by atoms with E-state index in [2.05, 4.69) is 49.2 Å². The molecular formula is C24H28BrN5O. The summed E-state index contributed by atoms with van der Waals surface area (Å²) >= 11 is 3.46. The lowest BCUT2D eigenvalue weighted by Gasteiger charge is -2.29. The minimum atomic E-state index is 0.0917. The van der Waals surface area contributed by atoms with Crippen molar-refractivity contribution in [3.63, 3.8) is 0 Å². The van der Waals surface area contributed by atoms with Crippen molar-refractivity contribution in [2.24, 2.45) is 5.92 Å². The largest absolute Gasteiger partial charge is 0.383 e. The van der Waals surface area contributed by atoms with Gasteiger partial charge in [0.2, 0.25) is 0 Å². The zero-order valence-corrected chi connectivity index (χ0v) is 19.4. The van der Waals surface area contributed by atoms with Gasteiger partial charge in [-0.1, -0.05) is 18.2 Å². The zero-order valence-electron chi connectivity index (χ0n) is 17.8. The van der Waals surface area contributed by atoms with E-state index < -0.39 is 0 Å². The fourth-order valence-corrected chi connectivity index (χ4v) is 4.43. The Labute approximate surface area is 191 Å². The molecule has 0 amide bonds. The third-order valence-electron chi connectivity index (χ3n) is 6.05. The van der Waals surface area contributed by atoms with Crippen LogP contribution >= 0.6 is 15.9 Å². The van der Waals surface area contributed by atoms with Gasteiger partial charge in [-0.3, -0.25) is 4.79 Å². The summed E-state index contributed by atoms with van der Waals surface area (Å²) in [5, 5.41) is 5.43. The fraction of sp³-hybridized carbons (Fsp3) is 0.375. The Balaban J connectivity index is 1.42. The molecule has 31 heavy (non-hydrogen) atoms. The molecule has 0 saturated carbocycles. The van der Waals surface area contributed by atoms with Crippen LogP contribution in [0.3, 0.4) is 0 Å². The first-order valence-electron chi connectivity index (χ1n) is 10.7. The number of aromatic nitrogens is 2. The number of benzene rings is 1. The number of fused-ring (bicyclic) bond motifs is 1. The number of pyridine rings is 2. The Hall–Kier alpha value is -2.51. The van der Waals surface area contributed by atoms with E-state index >= 15 is 0 Å². The lowest BCUT2D eigenvalue weighted by molar-refractivity contribution is 0.0983. The second-order valence-corrected chi connectivity index (χ2v) is 9.27. The van der Waals surface area contributed by atoms with Crippen molar-refractivity contribution in [2.75, 3.05) is 37.7 Å². The number of piperidine rings is 1. The van der Waals surface area contributed by atoms with Crippen molar-refractivity contribution in [1.29, 1.82) is 0 Å². The molecule has 162 valence electrons. The normalized spacial score (nSPS) is 15.3. The number of nitrogens with zero attached hydrogens (tertiary/aromatic N) is 3. The smallest absolute Gasteiger partial charge is 0.166 e. The molecule has 1 aromatic carbocycles. The molecule has 4 rings (SSSR count). The number of nitrogens with one attached hydrogen (secondary N) is 1. The quantitative estimate of drug-likeness (QED) is 0.481. The molecule has 0 bridgehead atoms. The first-order valence-corrected chi connectivity index (χ1v) is 11.5. The second-order valence-electron chi connectivity index (χ2n) is 8.35. The van der Waals surface area contributed by atoms with Crippen LogP contribution in [0.1, 0.15) is 35.2 Å². The molecule has 0 unspecified atom stereocenters. The number of likely N-dealkylation sites (tertiary alicyclic amines) is 1. The van der Waals surface area contributed by atoms with Crippen molar-refractivity contribution in [1.82, 2.24) is 14.9 Å². The number of nitrogens with two attached hydrogens (primary N) is 1. The summed E-state index contributed by atoms with van der Waals surface area (Å²) in [5.74, 6) is 1.92. The molecule has 0 aliphatic carbocycles. The van der Waals surface area contributed by atoms with Gasteiger partial charge in [0.05, 0.1) is 5.56 Å². The maximum Gasteiger partial charge on any atom is 0.166 e. The Morgan fingerprint density at radius 1 is 1.23 bits per heavy atom. The van der Waals surface area contributed by atoms with Gasteiger partial charge in [-0.15, -0.1) is 0 Å². The van der Waals surface area contributed by atoms with Crippen LogP contribution in [0.15, 0.2) is 47.2 Å². The number of Topliss-reactive ketones (excluding diaryl/α,β-unsaturated/α-hetero) is 1.